The number of pyridine rings is 1. The Hall–Kier alpha value is -3.14. The van der Waals surface area contributed by atoms with E-state index in [1.807, 2.05) is 37.3 Å². The number of fused-ring (bicyclic) bond motifs is 1. The summed E-state index contributed by atoms with van der Waals surface area (Å²) in [4.78, 5) is 24.6. The number of benzene rings is 2. The molecule has 4 aromatic rings. The molecule has 35 heavy (non-hydrogen) atoms. The number of amides is 1. The van der Waals surface area contributed by atoms with E-state index >= 15 is 0 Å². The van der Waals surface area contributed by atoms with E-state index in [1.54, 1.807) is 23.2 Å². The summed E-state index contributed by atoms with van der Waals surface area (Å²) in [7, 11) is -3.56. The average Bonchev–Trinajstić information content (AvgIpc) is 3.31. The minimum absolute atomic E-state index is 0.211. The molecule has 9 heteroatoms. The molecule has 0 unspecified atom stereocenters. The molecule has 7 nitrogen and oxygen atoms in total. The zero-order chi connectivity index (χ0) is 24.4. The summed E-state index contributed by atoms with van der Waals surface area (Å²) < 4.78 is 28.5. The molecule has 1 aliphatic rings. The topological polar surface area (TPSA) is 83.5 Å². The molecule has 0 saturated carbocycles. The highest BCUT2D eigenvalue weighted by atomic mass is 32.2. The molecule has 1 aliphatic heterocycles. The van der Waals surface area contributed by atoms with Gasteiger partial charge in [0.1, 0.15) is 0 Å². The zero-order valence-electron chi connectivity index (χ0n) is 19.4. The first-order valence-corrected chi connectivity index (χ1v) is 13.9. The number of piperidine rings is 1. The van der Waals surface area contributed by atoms with Gasteiger partial charge in [0.25, 0.3) is 5.91 Å². The lowest BCUT2D eigenvalue weighted by molar-refractivity contribution is 0.0984. The Morgan fingerprint density at radius 1 is 1.03 bits per heavy atom. The van der Waals surface area contributed by atoms with E-state index in [1.165, 1.54) is 27.8 Å². The molecule has 3 heterocycles. The predicted molar refractivity (Wildman–Crippen MR) is 138 cm³/mol. The molecule has 1 saturated heterocycles. The van der Waals surface area contributed by atoms with Gasteiger partial charge in [-0.1, -0.05) is 29.9 Å². The van der Waals surface area contributed by atoms with Gasteiger partial charge in [0.2, 0.25) is 10.0 Å². The van der Waals surface area contributed by atoms with E-state index in [0.717, 1.165) is 40.7 Å². The Bertz CT molecular complexity index is 1450. The van der Waals surface area contributed by atoms with E-state index in [-0.39, 0.29) is 17.3 Å². The van der Waals surface area contributed by atoms with Crippen molar-refractivity contribution in [2.75, 3.05) is 18.0 Å². The highest BCUT2D eigenvalue weighted by molar-refractivity contribution is 7.89. The van der Waals surface area contributed by atoms with Gasteiger partial charge in [0.15, 0.2) is 5.13 Å². The molecule has 5 rings (SSSR count). The van der Waals surface area contributed by atoms with Crippen LogP contribution in [0.2, 0.25) is 0 Å². The second-order valence-corrected chi connectivity index (χ2v) is 11.6. The number of rotatable bonds is 6. The van der Waals surface area contributed by atoms with Crippen LogP contribution in [0.1, 0.15) is 40.9 Å². The van der Waals surface area contributed by atoms with Gasteiger partial charge in [-0.3, -0.25) is 14.7 Å². The number of sulfonamides is 1. The monoisotopic (exact) mass is 506 g/mol. The van der Waals surface area contributed by atoms with E-state index < -0.39 is 10.0 Å². The average molecular weight is 507 g/mol. The van der Waals surface area contributed by atoms with E-state index in [4.69, 9.17) is 4.98 Å². The van der Waals surface area contributed by atoms with Crippen LogP contribution in [0.25, 0.3) is 10.2 Å². The third-order valence-electron chi connectivity index (χ3n) is 6.11. The number of hydrogen-bond donors (Lipinski definition) is 0. The van der Waals surface area contributed by atoms with Gasteiger partial charge in [-0.15, -0.1) is 0 Å². The molecule has 1 fully saturated rings. The van der Waals surface area contributed by atoms with Crippen LogP contribution in [0.5, 0.6) is 0 Å². The van der Waals surface area contributed by atoms with Gasteiger partial charge in [-0.25, -0.2) is 13.4 Å². The van der Waals surface area contributed by atoms with Crippen LogP contribution in [0.15, 0.2) is 71.8 Å². The Morgan fingerprint density at radius 2 is 1.80 bits per heavy atom. The Morgan fingerprint density at radius 3 is 2.51 bits per heavy atom. The summed E-state index contributed by atoms with van der Waals surface area (Å²) in [5.74, 6) is -0.256. The van der Waals surface area contributed by atoms with Gasteiger partial charge in [-0.2, -0.15) is 4.31 Å². The summed E-state index contributed by atoms with van der Waals surface area (Å²) >= 11 is 1.45. The lowest BCUT2D eigenvalue weighted by Crippen LogP contribution is -2.35. The van der Waals surface area contributed by atoms with Crippen molar-refractivity contribution in [3.63, 3.8) is 0 Å². The van der Waals surface area contributed by atoms with Gasteiger partial charge >= 0.3 is 0 Å². The molecule has 1 amide bonds. The van der Waals surface area contributed by atoms with Gasteiger partial charge in [-0.05, 0) is 73.9 Å². The number of nitrogens with zero attached hydrogens (tertiary/aromatic N) is 4. The first-order chi connectivity index (χ1) is 16.9. The molecule has 2 aromatic carbocycles. The van der Waals surface area contributed by atoms with Crippen LogP contribution in [0, 0.1) is 6.92 Å². The number of aryl methyl sites for hydroxylation is 1. The number of aromatic nitrogens is 2. The van der Waals surface area contributed by atoms with Crippen LogP contribution in [-0.4, -0.2) is 41.7 Å². The number of thiazole rings is 1. The summed E-state index contributed by atoms with van der Waals surface area (Å²) in [6, 6.07) is 17.8. The third-order valence-corrected chi connectivity index (χ3v) is 9.06. The summed E-state index contributed by atoms with van der Waals surface area (Å²) in [6.07, 6.45) is 4.50. The van der Waals surface area contributed by atoms with Gasteiger partial charge < -0.3 is 0 Å². The van der Waals surface area contributed by atoms with Crippen molar-refractivity contribution in [3.05, 3.63) is 83.7 Å². The SMILES string of the molecule is Cc1ccc2nc(N(Cc3ccccn3)C(=O)c3ccc(S(=O)(=O)N4CCCCC4)cc3)sc2c1. The fourth-order valence-corrected chi connectivity index (χ4v) is 6.77. The van der Waals surface area contributed by atoms with Crippen LogP contribution in [-0.2, 0) is 16.6 Å². The largest absolute Gasteiger partial charge is 0.278 e. The standard InChI is InChI=1S/C26H26N4O3S2/c1-19-8-13-23-24(17-19)34-26(28-23)30(18-21-7-3-4-14-27-21)25(31)20-9-11-22(12-10-20)35(32,33)29-15-5-2-6-16-29/h3-4,7-14,17H,2,5-6,15-16,18H2,1H3. The molecule has 0 radical (unpaired) electrons. The highest BCUT2D eigenvalue weighted by Gasteiger charge is 2.27. The Balaban J connectivity index is 1.47. The maximum absolute atomic E-state index is 13.7. The molecule has 0 aliphatic carbocycles. The Kier molecular flexibility index (Phi) is 6.64. The maximum atomic E-state index is 13.7. The van der Waals surface area contributed by atoms with Crippen molar-refractivity contribution < 1.29 is 13.2 Å². The van der Waals surface area contributed by atoms with Gasteiger partial charge in [0.05, 0.1) is 27.4 Å². The second-order valence-electron chi connectivity index (χ2n) is 8.67. The quantitative estimate of drug-likeness (QED) is 0.367. The molecule has 0 spiro atoms. The molecule has 0 N–H and O–H groups in total. The lowest BCUT2D eigenvalue weighted by atomic mass is 10.2. The van der Waals surface area contributed by atoms with Crippen molar-refractivity contribution in [2.45, 2.75) is 37.6 Å². The molecular weight excluding hydrogens is 480 g/mol. The smallest absolute Gasteiger partial charge is 0.260 e. The maximum Gasteiger partial charge on any atom is 0.260 e. The van der Waals surface area contributed by atoms with Crippen molar-refractivity contribution in [1.82, 2.24) is 14.3 Å². The number of hydrogen-bond acceptors (Lipinski definition) is 6. The van der Waals surface area contributed by atoms with Crippen molar-refractivity contribution >= 4 is 42.6 Å². The molecule has 2 aromatic heterocycles. The number of anilines is 1. The van der Waals surface area contributed by atoms with Crippen molar-refractivity contribution in [3.8, 4) is 0 Å². The van der Waals surface area contributed by atoms with Gasteiger partial charge in [0, 0.05) is 24.8 Å². The molecule has 0 atom stereocenters. The second kappa shape index (κ2) is 9.85. The first-order valence-electron chi connectivity index (χ1n) is 11.6. The first kappa shape index (κ1) is 23.6. The predicted octanol–water partition coefficient (Wildman–Crippen LogP) is 5.02. The van der Waals surface area contributed by atoms with E-state index in [9.17, 15) is 13.2 Å². The van der Waals surface area contributed by atoms with Crippen molar-refractivity contribution in [2.24, 2.45) is 0 Å². The summed E-state index contributed by atoms with van der Waals surface area (Å²) in [6.45, 7) is 3.36. The fraction of sp³-hybridized carbons (Fsp3) is 0.269. The summed E-state index contributed by atoms with van der Waals surface area (Å²) in [5, 5.41) is 0.575. The van der Waals surface area contributed by atoms with Crippen LogP contribution in [0.3, 0.4) is 0 Å². The fourth-order valence-electron chi connectivity index (χ4n) is 4.19. The van der Waals surface area contributed by atoms with Crippen LogP contribution < -0.4 is 4.90 Å². The number of carbonyl (C=O) groups excluding carboxylic acids is 1. The molecular formula is C26H26N4O3S2. The van der Waals surface area contributed by atoms with Crippen molar-refractivity contribution in [1.29, 1.82) is 0 Å². The van der Waals surface area contributed by atoms with Crippen LogP contribution >= 0.6 is 11.3 Å². The minimum atomic E-state index is -3.56. The molecule has 0 bridgehead atoms. The zero-order valence-corrected chi connectivity index (χ0v) is 21.1. The highest BCUT2D eigenvalue weighted by Crippen LogP contribution is 2.31. The third kappa shape index (κ3) is 4.98. The number of carbonyl (C=O) groups is 1. The van der Waals surface area contributed by atoms with E-state index in [0.29, 0.717) is 23.8 Å². The van der Waals surface area contributed by atoms with E-state index in [2.05, 4.69) is 11.1 Å². The van der Waals surface area contributed by atoms with Crippen LogP contribution in [0.4, 0.5) is 5.13 Å². The Labute approximate surface area is 209 Å². The summed E-state index contributed by atoms with van der Waals surface area (Å²) in [5.41, 5.74) is 3.09. The lowest BCUT2D eigenvalue weighted by Gasteiger charge is -2.26. The normalized spacial score (nSPS) is 14.8. The molecule has 180 valence electrons. The minimum Gasteiger partial charge on any atom is -0.278 e.